The highest BCUT2D eigenvalue weighted by Gasteiger charge is 2.36. The van der Waals surface area contributed by atoms with E-state index in [0.717, 1.165) is 12.6 Å². The van der Waals surface area contributed by atoms with Crippen molar-refractivity contribution in [1.82, 2.24) is 4.90 Å². The van der Waals surface area contributed by atoms with Crippen molar-refractivity contribution in [2.45, 2.75) is 13.1 Å². The summed E-state index contributed by atoms with van der Waals surface area (Å²) >= 11 is 0. The molecule has 0 radical (unpaired) electrons. The Balaban J connectivity index is 1.61. The fraction of sp³-hybridized carbons (Fsp3) is 0.318. The third kappa shape index (κ3) is 4.23. The summed E-state index contributed by atoms with van der Waals surface area (Å²) in [7, 11) is 0. The lowest BCUT2D eigenvalue weighted by atomic mass is 10.1. The zero-order valence-corrected chi connectivity index (χ0v) is 16.9. The van der Waals surface area contributed by atoms with Crippen LogP contribution < -0.4 is 15.5 Å². The molecular weight excluding hydrogens is 412 g/mol. The van der Waals surface area contributed by atoms with E-state index in [4.69, 9.17) is 0 Å². The highest BCUT2D eigenvalue weighted by Crippen LogP contribution is 2.39. The fourth-order valence-electron chi connectivity index (χ4n) is 3.93. The van der Waals surface area contributed by atoms with Crippen LogP contribution in [0.15, 0.2) is 42.6 Å². The molecular formula is C22H22F4N4O. The van der Waals surface area contributed by atoms with Gasteiger partial charge in [-0.3, -0.25) is 4.79 Å². The average molecular weight is 434 g/mol. The number of hydrogen-bond acceptors (Lipinski definition) is 4. The van der Waals surface area contributed by atoms with Gasteiger partial charge in [-0.15, -0.1) is 0 Å². The van der Waals surface area contributed by atoms with E-state index in [9.17, 15) is 22.4 Å². The second-order valence-electron chi connectivity index (χ2n) is 7.47. The Labute approximate surface area is 177 Å². The standard InChI is InChI=1S/C22H22F4N4O/c1-2-29-8-10-30(11-9-29)19-7-6-14(12-16(19)22(24,25)26)27-13-15-20-17(23)4-3-5-18(20)28-21(15)31/h3-7,12-13,27H,2,8-11H2,1H3,(H,28,31). The van der Waals surface area contributed by atoms with Crippen molar-refractivity contribution in [2.75, 3.05) is 48.3 Å². The molecule has 0 bridgehead atoms. The van der Waals surface area contributed by atoms with E-state index < -0.39 is 23.5 Å². The number of halogens is 4. The van der Waals surface area contributed by atoms with Gasteiger partial charge in [0.25, 0.3) is 5.91 Å². The SMILES string of the molecule is CCN1CCN(c2ccc(NC=C3C(=O)Nc4cccc(F)c43)cc2C(F)(F)F)CC1. The second-order valence-corrected chi connectivity index (χ2v) is 7.47. The summed E-state index contributed by atoms with van der Waals surface area (Å²) < 4.78 is 55.5. The van der Waals surface area contributed by atoms with Gasteiger partial charge in [-0.2, -0.15) is 13.2 Å². The van der Waals surface area contributed by atoms with Crippen LogP contribution in [0.3, 0.4) is 0 Å². The number of hydrogen-bond donors (Lipinski definition) is 2. The number of nitrogens with one attached hydrogen (secondary N) is 2. The third-order valence-electron chi connectivity index (χ3n) is 5.62. The molecule has 2 aromatic carbocycles. The van der Waals surface area contributed by atoms with Crippen molar-refractivity contribution in [1.29, 1.82) is 0 Å². The summed E-state index contributed by atoms with van der Waals surface area (Å²) in [6.45, 7) is 5.35. The fourth-order valence-corrected chi connectivity index (χ4v) is 3.93. The summed E-state index contributed by atoms with van der Waals surface area (Å²) in [5.74, 6) is -1.10. The number of nitrogens with zero attached hydrogens (tertiary/aromatic N) is 2. The molecule has 31 heavy (non-hydrogen) atoms. The van der Waals surface area contributed by atoms with E-state index in [2.05, 4.69) is 15.5 Å². The predicted octanol–water partition coefficient (Wildman–Crippen LogP) is 4.39. The first kappa shape index (κ1) is 21.2. The van der Waals surface area contributed by atoms with Gasteiger partial charge in [0.05, 0.1) is 16.8 Å². The molecule has 164 valence electrons. The molecule has 0 aromatic heterocycles. The van der Waals surface area contributed by atoms with E-state index in [-0.39, 0.29) is 22.5 Å². The van der Waals surface area contributed by atoms with Crippen molar-refractivity contribution in [3.8, 4) is 0 Å². The van der Waals surface area contributed by atoms with Gasteiger partial charge in [-0.25, -0.2) is 4.39 Å². The molecule has 0 saturated carbocycles. The topological polar surface area (TPSA) is 47.6 Å². The molecule has 1 saturated heterocycles. The summed E-state index contributed by atoms with van der Waals surface area (Å²) in [6, 6.07) is 8.25. The zero-order chi connectivity index (χ0) is 22.2. The van der Waals surface area contributed by atoms with Crippen LogP contribution in [-0.2, 0) is 11.0 Å². The number of carbonyl (C=O) groups excluding carboxylic acids is 1. The lowest BCUT2D eigenvalue weighted by Crippen LogP contribution is -2.46. The molecule has 1 amide bonds. The number of alkyl halides is 3. The number of amides is 1. The van der Waals surface area contributed by atoms with Crippen LogP contribution in [0.25, 0.3) is 5.57 Å². The third-order valence-corrected chi connectivity index (χ3v) is 5.62. The molecule has 2 heterocycles. The van der Waals surface area contributed by atoms with Gasteiger partial charge < -0.3 is 20.4 Å². The molecule has 0 aliphatic carbocycles. The van der Waals surface area contributed by atoms with Crippen molar-refractivity contribution >= 4 is 28.5 Å². The summed E-state index contributed by atoms with van der Waals surface area (Å²) in [4.78, 5) is 16.1. The van der Waals surface area contributed by atoms with E-state index in [0.29, 0.717) is 31.9 Å². The Morgan fingerprint density at radius 3 is 2.55 bits per heavy atom. The van der Waals surface area contributed by atoms with Gasteiger partial charge in [0.1, 0.15) is 5.82 Å². The van der Waals surface area contributed by atoms with Crippen molar-refractivity contribution < 1.29 is 22.4 Å². The highest BCUT2D eigenvalue weighted by molar-refractivity contribution is 6.31. The van der Waals surface area contributed by atoms with Crippen LogP contribution in [-0.4, -0.2) is 43.5 Å². The number of piperazine rings is 1. The molecule has 9 heteroatoms. The number of anilines is 3. The quantitative estimate of drug-likeness (QED) is 0.554. The van der Waals surface area contributed by atoms with Gasteiger partial charge in [-0.05, 0) is 36.9 Å². The first-order chi connectivity index (χ1) is 14.8. The average Bonchev–Trinajstić information content (AvgIpc) is 3.08. The molecule has 5 nitrogen and oxygen atoms in total. The van der Waals surface area contributed by atoms with Gasteiger partial charge in [0.15, 0.2) is 0 Å². The molecule has 0 unspecified atom stereocenters. The minimum Gasteiger partial charge on any atom is -0.368 e. The Hall–Kier alpha value is -3.07. The highest BCUT2D eigenvalue weighted by atomic mass is 19.4. The second kappa shape index (κ2) is 8.22. The molecule has 2 aliphatic rings. The molecule has 2 aromatic rings. The largest absolute Gasteiger partial charge is 0.418 e. The minimum atomic E-state index is -4.54. The predicted molar refractivity (Wildman–Crippen MR) is 112 cm³/mol. The Morgan fingerprint density at radius 2 is 1.87 bits per heavy atom. The Morgan fingerprint density at radius 1 is 1.13 bits per heavy atom. The van der Waals surface area contributed by atoms with Crippen molar-refractivity contribution in [3.63, 3.8) is 0 Å². The van der Waals surface area contributed by atoms with Crippen LogP contribution in [0.4, 0.5) is 34.6 Å². The van der Waals surface area contributed by atoms with Crippen molar-refractivity contribution in [3.05, 3.63) is 59.5 Å². The number of likely N-dealkylation sites (N-methyl/N-ethyl adjacent to an activating group) is 1. The van der Waals surface area contributed by atoms with E-state index in [1.165, 1.54) is 30.5 Å². The number of fused-ring (bicyclic) bond motifs is 1. The lowest BCUT2D eigenvalue weighted by molar-refractivity contribution is -0.137. The molecule has 4 rings (SSSR count). The first-order valence-electron chi connectivity index (χ1n) is 10.0. The Kier molecular flexibility index (Phi) is 5.62. The smallest absolute Gasteiger partial charge is 0.368 e. The van der Waals surface area contributed by atoms with Gasteiger partial charge in [-0.1, -0.05) is 13.0 Å². The zero-order valence-electron chi connectivity index (χ0n) is 16.9. The van der Waals surface area contributed by atoms with Crippen LogP contribution in [0, 0.1) is 5.82 Å². The van der Waals surface area contributed by atoms with Gasteiger partial charge >= 0.3 is 6.18 Å². The van der Waals surface area contributed by atoms with Crippen LogP contribution in [0.5, 0.6) is 0 Å². The van der Waals surface area contributed by atoms with Crippen LogP contribution >= 0.6 is 0 Å². The lowest BCUT2D eigenvalue weighted by Gasteiger charge is -2.36. The van der Waals surface area contributed by atoms with E-state index in [1.54, 1.807) is 11.0 Å². The molecule has 2 N–H and O–H groups in total. The molecule has 2 aliphatic heterocycles. The molecule has 0 spiro atoms. The monoisotopic (exact) mass is 434 g/mol. The summed E-state index contributed by atoms with van der Waals surface area (Å²) in [5.41, 5.74) is 0.00611. The number of benzene rings is 2. The number of rotatable bonds is 4. The number of carbonyl (C=O) groups is 1. The van der Waals surface area contributed by atoms with Gasteiger partial charge in [0.2, 0.25) is 0 Å². The maximum atomic E-state index is 14.2. The first-order valence-corrected chi connectivity index (χ1v) is 10.0. The van der Waals surface area contributed by atoms with E-state index in [1.807, 2.05) is 6.92 Å². The Bertz CT molecular complexity index is 1030. The van der Waals surface area contributed by atoms with Crippen LogP contribution in [0.1, 0.15) is 18.1 Å². The maximum Gasteiger partial charge on any atom is 0.418 e. The molecule has 0 atom stereocenters. The maximum absolute atomic E-state index is 14.2. The van der Waals surface area contributed by atoms with E-state index >= 15 is 0 Å². The normalized spacial score (nSPS) is 18.3. The van der Waals surface area contributed by atoms with Gasteiger partial charge in [0, 0.05) is 49.3 Å². The summed E-state index contributed by atoms with van der Waals surface area (Å²) in [5, 5.41) is 5.27. The van der Waals surface area contributed by atoms with Crippen molar-refractivity contribution in [2.24, 2.45) is 0 Å². The van der Waals surface area contributed by atoms with Crippen LogP contribution in [0.2, 0.25) is 0 Å². The molecule has 1 fully saturated rings. The minimum absolute atomic E-state index is 0.0291. The summed E-state index contributed by atoms with van der Waals surface area (Å²) in [6.07, 6.45) is -3.30.